The summed E-state index contributed by atoms with van der Waals surface area (Å²) in [5.41, 5.74) is 2.69. The minimum absolute atomic E-state index is 0.0994. The summed E-state index contributed by atoms with van der Waals surface area (Å²) in [5, 5.41) is 17.2. The smallest absolute Gasteiger partial charge is 0.236 e. The van der Waals surface area contributed by atoms with E-state index in [1.165, 1.54) is 18.2 Å². The van der Waals surface area contributed by atoms with Crippen LogP contribution < -0.4 is 5.32 Å². The number of carbonyl (C=O) groups excluding carboxylic acids is 1. The molecule has 0 spiro atoms. The van der Waals surface area contributed by atoms with Gasteiger partial charge in [0.15, 0.2) is 5.16 Å². The number of hydrogen-bond donors (Lipinski definition) is 1. The summed E-state index contributed by atoms with van der Waals surface area (Å²) in [7, 11) is 0. The number of nitrogens with zero attached hydrogens (tertiary/aromatic N) is 5. The Balaban J connectivity index is 1.35. The number of nitrogens with one attached hydrogen (secondary N) is 1. The molecule has 162 valence electrons. The largest absolute Gasteiger partial charge is 0.310 e. The van der Waals surface area contributed by atoms with Crippen molar-refractivity contribution in [2.24, 2.45) is 0 Å². The van der Waals surface area contributed by atoms with E-state index in [0.717, 1.165) is 53.7 Å². The second-order valence-corrected chi connectivity index (χ2v) is 8.67. The van der Waals surface area contributed by atoms with Gasteiger partial charge in [-0.3, -0.25) is 4.79 Å². The van der Waals surface area contributed by atoms with Crippen LogP contribution in [0, 0.1) is 0 Å². The molecule has 0 fully saturated rings. The van der Waals surface area contributed by atoms with E-state index in [2.05, 4.69) is 20.1 Å². The van der Waals surface area contributed by atoms with E-state index in [1.54, 1.807) is 4.68 Å². The van der Waals surface area contributed by atoms with Crippen molar-refractivity contribution in [2.45, 2.75) is 37.4 Å². The van der Waals surface area contributed by atoms with Crippen molar-refractivity contribution in [2.75, 3.05) is 11.1 Å². The number of fused-ring (bicyclic) bond motifs is 1. The van der Waals surface area contributed by atoms with E-state index in [-0.39, 0.29) is 11.7 Å². The molecule has 2 aromatic carbocycles. The molecule has 0 atom stereocenters. The van der Waals surface area contributed by atoms with Crippen LogP contribution in [0.2, 0.25) is 0 Å². The summed E-state index contributed by atoms with van der Waals surface area (Å²) in [6.07, 6.45) is 4.44. The highest BCUT2D eigenvalue weighted by atomic mass is 32.2. The lowest BCUT2D eigenvalue weighted by atomic mass is 10.2. The Morgan fingerprint density at radius 3 is 2.56 bits per heavy atom. The van der Waals surface area contributed by atoms with Crippen molar-refractivity contribution >= 4 is 23.5 Å². The van der Waals surface area contributed by atoms with Crippen LogP contribution in [0.5, 0.6) is 0 Å². The van der Waals surface area contributed by atoms with Gasteiger partial charge < -0.3 is 9.88 Å². The molecule has 0 aliphatic carbocycles. The van der Waals surface area contributed by atoms with Gasteiger partial charge in [0.2, 0.25) is 5.91 Å². The Labute approximate surface area is 190 Å². The molecule has 0 radical (unpaired) electrons. The molecular formula is C24H24N6OS. The summed E-state index contributed by atoms with van der Waals surface area (Å²) in [6.45, 7) is 0.924. The summed E-state index contributed by atoms with van der Waals surface area (Å²) >= 11 is 1.43. The molecule has 3 heterocycles. The van der Waals surface area contributed by atoms with Gasteiger partial charge in [-0.15, -0.1) is 10.2 Å². The van der Waals surface area contributed by atoms with Gasteiger partial charge >= 0.3 is 0 Å². The van der Waals surface area contributed by atoms with Crippen molar-refractivity contribution in [1.29, 1.82) is 0 Å². The van der Waals surface area contributed by atoms with E-state index in [4.69, 9.17) is 5.10 Å². The molecule has 8 heteroatoms. The fourth-order valence-corrected chi connectivity index (χ4v) is 4.64. The van der Waals surface area contributed by atoms with E-state index in [1.807, 2.05) is 66.7 Å². The number of aryl methyl sites for hydroxylation is 1. The zero-order valence-electron chi connectivity index (χ0n) is 17.6. The van der Waals surface area contributed by atoms with Gasteiger partial charge in [0.1, 0.15) is 11.6 Å². The minimum atomic E-state index is -0.0994. The molecule has 1 aliphatic rings. The number of thioether (sulfide) groups is 1. The molecule has 5 rings (SSSR count). The Kier molecular flexibility index (Phi) is 6.02. The first kappa shape index (κ1) is 20.5. The second-order valence-electron chi connectivity index (χ2n) is 7.73. The lowest BCUT2D eigenvalue weighted by molar-refractivity contribution is -0.113. The van der Waals surface area contributed by atoms with Crippen LogP contribution in [0.4, 0.5) is 5.82 Å². The van der Waals surface area contributed by atoms with Gasteiger partial charge in [-0.25, -0.2) is 4.68 Å². The third kappa shape index (κ3) is 4.45. The van der Waals surface area contributed by atoms with Crippen LogP contribution in [0.3, 0.4) is 0 Å². The van der Waals surface area contributed by atoms with Crippen LogP contribution in [0.15, 0.2) is 71.9 Å². The zero-order chi connectivity index (χ0) is 21.8. The van der Waals surface area contributed by atoms with Crippen molar-refractivity contribution < 1.29 is 4.79 Å². The van der Waals surface area contributed by atoms with E-state index in [0.29, 0.717) is 5.82 Å². The Hall–Kier alpha value is -3.39. The summed E-state index contributed by atoms with van der Waals surface area (Å²) in [6, 6.07) is 21.7. The number of benzene rings is 2. The van der Waals surface area contributed by atoms with Gasteiger partial charge in [0.05, 0.1) is 17.1 Å². The number of carbonyl (C=O) groups is 1. The first-order chi connectivity index (χ1) is 15.8. The number of para-hydroxylation sites is 1. The minimum Gasteiger partial charge on any atom is -0.310 e. The highest BCUT2D eigenvalue weighted by molar-refractivity contribution is 7.99. The van der Waals surface area contributed by atoms with Crippen molar-refractivity contribution in [3.05, 3.63) is 72.6 Å². The molecule has 1 amide bonds. The van der Waals surface area contributed by atoms with E-state index < -0.39 is 0 Å². The summed E-state index contributed by atoms with van der Waals surface area (Å²) < 4.78 is 3.93. The third-order valence-electron chi connectivity index (χ3n) is 5.46. The van der Waals surface area contributed by atoms with Crippen LogP contribution in [-0.2, 0) is 17.8 Å². The molecule has 32 heavy (non-hydrogen) atoms. The fourth-order valence-electron chi connectivity index (χ4n) is 3.86. The molecule has 0 saturated heterocycles. The van der Waals surface area contributed by atoms with Gasteiger partial charge in [0.25, 0.3) is 0 Å². The first-order valence-electron chi connectivity index (χ1n) is 10.8. The number of aromatic nitrogens is 5. The van der Waals surface area contributed by atoms with Crippen LogP contribution in [-0.4, -0.2) is 36.2 Å². The van der Waals surface area contributed by atoms with Crippen LogP contribution in [0.1, 0.15) is 25.1 Å². The monoisotopic (exact) mass is 444 g/mol. The molecule has 4 aromatic rings. The van der Waals surface area contributed by atoms with Crippen molar-refractivity contribution in [3.8, 4) is 16.9 Å². The average Bonchev–Trinajstić information content (AvgIpc) is 3.35. The Morgan fingerprint density at radius 2 is 1.75 bits per heavy atom. The first-order valence-corrected chi connectivity index (χ1v) is 11.8. The second kappa shape index (κ2) is 9.40. The number of amides is 1. The maximum absolute atomic E-state index is 12.8. The molecule has 0 bridgehead atoms. The van der Waals surface area contributed by atoms with E-state index >= 15 is 0 Å². The number of hydrogen-bond acceptors (Lipinski definition) is 5. The number of rotatable bonds is 6. The lowest BCUT2D eigenvalue weighted by Gasteiger charge is -2.09. The van der Waals surface area contributed by atoms with Gasteiger partial charge in [0, 0.05) is 24.6 Å². The molecule has 1 aliphatic heterocycles. The summed E-state index contributed by atoms with van der Waals surface area (Å²) in [4.78, 5) is 12.8. The standard InChI is InChI=1S/C24H24N6OS/c31-23(17-32-24-27-26-21-14-8-3-9-15-29(21)24)25-22-16-20(18-10-4-1-5-11-18)28-30(22)19-12-6-2-7-13-19/h1-2,4-7,10-13,16H,3,8-9,14-15,17H2,(H,25,31). The van der Waals surface area contributed by atoms with Gasteiger partial charge in [-0.1, -0.05) is 66.7 Å². The van der Waals surface area contributed by atoms with Gasteiger partial charge in [-0.05, 0) is 25.0 Å². The molecule has 0 saturated carbocycles. The maximum atomic E-state index is 12.8. The average molecular weight is 445 g/mol. The molecule has 0 unspecified atom stereocenters. The normalized spacial score (nSPS) is 13.4. The quantitative estimate of drug-likeness (QED) is 0.440. The highest BCUT2D eigenvalue weighted by Crippen LogP contribution is 2.26. The molecular weight excluding hydrogens is 420 g/mol. The third-order valence-corrected chi connectivity index (χ3v) is 6.42. The van der Waals surface area contributed by atoms with E-state index in [9.17, 15) is 4.79 Å². The highest BCUT2D eigenvalue weighted by Gasteiger charge is 2.18. The molecule has 2 aromatic heterocycles. The summed E-state index contributed by atoms with van der Waals surface area (Å²) in [5.74, 6) is 1.83. The van der Waals surface area contributed by atoms with Crippen molar-refractivity contribution in [3.63, 3.8) is 0 Å². The SMILES string of the molecule is O=C(CSc1nnc2n1CCCCC2)Nc1cc(-c2ccccc2)nn1-c1ccccc1. The van der Waals surface area contributed by atoms with Crippen molar-refractivity contribution in [1.82, 2.24) is 24.5 Å². The number of anilines is 1. The maximum Gasteiger partial charge on any atom is 0.236 e. The predicted molar refractivity (Wildman–Crippen MR) is 126 cm³/mol. The topological polar surface area (TPSA) is 77.6 Å². The Morgan fingerprint density at radius 1 is 0.969 bits per heavy atom. The Bertz CT molecular complexity index is 1200. The fraction of sp³-hybridized carbons (Fsp3) is 0.250. The van der Waals surface area contributed by atoms with Crippen LogP contribution >= 0.6 is 11.8 Å². The zero-order valence-corrected chi connectivity index (χ0v) is 18.5. The molecule has 7 nitrogen and oxygen atoms in total. The predicted octanol–water partition coefficient (Wildman–Crippen LogP) is 4.59. The molecule has 1 N–H and O–H groups in total. The van der Waals surface area contributed by atoms with Crippen LogP contribution in [0.25, 0.3) is 16.9 Å². The lowest BCUT2D eigenvalue weighted by Crippen LogP contribution is -2.17. The van der Waals surface area contributed by atoms with Gasteiger partial charge in [-0.2, -0.15) is 5.10 Å².